The van der Waals surface area contributed by atoms with Crippen molar-refractivity contribution >= 4 is 11.8 Å². The monoisotopic (exact) mass is 214 g/mol. The molecule has 5 heteroatoms. The first kappa shape index (κ1) is 12.0. The van der Waals surface area contributed by atoms with Gasteiger partial charge < -0.3 is 16.2 Å². The first-order valence-corrected chi connectivity index (χ1v) is 5.33. The number of rotatable bonds is 5. The molecule has 0 aromatic heterocycles. The van der Waals surface area contributed by atoms with Gasteiger partial charge in [-0.2, -0.15) is 0 Å². The van der Waals surface area contributed by atoms with Crippen LogP contribution in [0.1, 0.15) is 32.1 Å². The first-order chi connectivity index (χ1) is 7.09. The van der Waals surface area contributed by atoms with Gasteiger partial charge in [0.1, 0.15) is 6.10 Å². The highest BCUT2D eigenvalue weighted by Gasteiger charge is 2.19. The highest BCUT2D eigenvalue weighted by Crippen LogP contribution is 2.27. The van der Waals surface area contributed by atoms with Crippen molar-refractivity contribution in [3.05, 3.63) is 0 Å². The molecule has 15 heavy (non-hydrogen) atoms. The summed E-state index contributed by atoms with van der Waals surface area (Å²) in [5, 5.41) is 11.5. The summed E-state index contributed by atoms with van der Waals surface area (Å²) >= 11 is 0. The Hall–Kier alpha value is -1.10. The van der Waals surface area contributed by atoms with E-state index in [1.165, 1.54) is 12.8 Å². The zero-order valence-electron chi connectivity index (χ0n) is 8.74. The van der Waals surface area contributed by atoms with Gasteiger partial charge in [0.2, 0.25) is 11.8 Å². The molecule has 0 radical (unpaired) electrons. The molecule has 5 nitrogen and oxygen atoms in total. The SMILES string of the molecule is NC(=O)C(O)CNC(=O)CC1CCCC1. The molecule has 0 aromatic rings. The minimum Gasteiger partial charge on any atom is -0.381 e. The maximum atomic E-state index is 11.4. The van der Waals surface area contributed by atoms with Crippen LogP contribution in [0.4, 0.5) is 0 Å². The van der Waals surface area contributed by atoms with Crippen molar-refractivity contribution in [2.45, 2.75) is 38.2 Å². The van der Waals surface area contributed by atoms with Gasteiger partial charge in [-0.15, -0.1) is 0 Å². The number of amides is 2. The van der Waals surface area contributed by atoms with Gasteiger partial charge in [0.05, 0.1) is 6.54 Å². The molecule has 1 aliphatic rings. The van der Waals surface area contributed by atoms with E-state index in [1.807, 2.05) is 0 Å². The summed E-state index contributed by atoms with van der Waals surface area (Å²) in [5.74, 6) is -0.450. The molecular formula is C10H18N2O3. The Balaban J connectivity index is 2.15. The molecule has 0 saturated heterocycles. The summed E-state index contributed by atoms with van der Waals surface area (Å²) < 4.78 is 0. The van der Waals surface area contributed by atoms with Crippen molar-refractivity contribution in [2.24, 2.45) is 11.7 Å². The summed E-state index contributed by atoms with van der Waals surface area (Å²) in [5.41, 5.74) is 4.85. The zero-order valence-corrected chi connectivity index (χ0v) is 8.74. The number of primary amides is 1. The van der Waals surface area contributed by atoms with E-state index in [0.29, 0.717) is 12.3 Å². The highest BCUT2D eigenvalue weighted by molar-refractivity contribution is 5.81. The van der Waals surface area contributed by atoms with Crippen LogP contribution < -0.4 is 11.1 Å². The zero-order chi connectivity index (χ0) is 11.3. The van der Waals surface area contributed by atoms with E-state index >= 15 is 0 Å². The van der Waals surface area contributed by atoms with Crippen LogP contribution in [0.5, 0.6) is 0 Å². The van der Waals surface area contributed by atoms with Crippen molar-refractivity contribution in [1.29, 1.82) is 0 Å². The van der Waals surface area contributed by atoms with E-state index in [4.69, 9.17) is 10.8 Å². The van der Waals surface area contributed by atoms with Gasteiger partial charge >= 0.3 is 0 Å². The molecule has 1 atom stereocenters. The van der Waals surface area contributed by atoms with Gasteiger partial charge in [0.25, 0.3) is 0 Å². The highest BCUT2D eigenvalue weighted by atomic mass is 16.3. The van der Waals surface area contributed by atoms with E-state index in [9.17, 15) is 9.59 Å². The fourth-order valence-corrected chi connectivity index (χ4v) is 1.86. The normalized spacial score (nSPS) is 18.7. The molecule has 0 aliphatic heterocycles. The third kappa shape index (κ3) is 4.29. The molecule has 1 aliphatic carbocycles. The van der Waals surface area contributed by atoms with Crippen LogP contribution >= 0.6 is 0 Å². The van der Waals surface area contributed by atoms with Crippen molar-refractivity contribution < 1.29 is 14.7 Å². The van der Waals surface area contributed by atoms with Crippen LogP contribution in [0.25, 0.3) is 0 Å². The first-order valence-electron chi connectivity index (χ1n) is 5.33. The molecular weight excluding hydrogens is 196 g/mol. The summed E-state index contributed by atoms with van der Waals surface area (Å²) in [6.07, 6.45) is 3.81. The van der Waals surface area contributed by atoms with Crippen LogP contribution in [0, 0.1) is 5.92 Å². The van der Waals surface area contributed by atoms with Gasteiger partial charge in [-0.1, -0.05) is 12.8 Å². The summed E-state index contributed by atoms with van der Waals surface area (Å²) in [7, 11) is 0. The molecule has 1 unspecified atom stereocenters. The maximum absolute atomic E-state index is 11.4. The molecule has 0 bridgehead atoms. The van der Waals surface area contributed by atoms with Crippen LogP contribution in [-0.2, 0) is 9.59 Å². The fourth-order valence-electron chi connectivity index (χ4n) is 1.86. The molecule has 0 heterocycles. The van der Waals surface area contributed by atoms with Crippen molar-refractivity contribution in [3.63, 3.8) is 0 Å². The lowest BCUT2D eigenvalue weighted by atomic mass is 10.0. The predicted octanol–water partition coefficient (Wildman–Crippen LogP) is -0.471. The van der Waals surface area contributed by atoms with Crippen LogP contribution in [0.2, 0.25) is 0 Å². The Morgan fingerprint density at radius 1 is 1.40 bits per heavy atom. The Kier molecular flexibility index (Phi) is 4.55. The fraction of sp³-hybridized carbons (Fsp3) is 0.800. The second-order valence-electron chi connectivity index (χ2n) is 4.08. The Morgan fingerprint density at radius 3 is 2.53 bits per heavy atom. The van der Waals surface area contributed by atoms with Gasteiger partial charge in [0.15, 0.2) is 0 Å². The Morgan fingerprint density at radius 2 is 2.00 bits per heavy atom. The second kappa shape index (κ2) is 5.70. The minimum absolute atomic E-state index is 0.0825. The second-order valence-corrected chi connectivity index (χ2v) is 4.08. The molecule has 1 fully saturated rings. The van der Waals surface area contributed by atoms with E-state index in [-0.39, 0.29) is 12.5 Å². The largest absolute Gasteiger partial charge is 0.381 e. The van der Waals surface area contributed by atoms with E-state index in [1.54, 1.807) is 0 Å². The van der Waals surface area contributed by atoms with Gasteiger partial charge in [-0.3, -0.25) is 9.59 Å². The number of nitrogens with one attached hydrogen (secondary N) is 1. The molecule has 2 amide bonds. The average molecular weight is 214 g/mol. The molecule has 86 valence electrons. The number of hydrogen-bond acceptors (Lipinski definition) is 3. The molecule has 4 N–H and O–H groups in total. The summed E-state index contributed by atoms with van der Waals surface area (Å²) in [6.45, 7) is -0.0825. The van der Waals surface area contributed by atoms with Crippen LogP contribution in [-0.4, -0.2) is 29.6 Å². The predicted molar refractivity (Wildman–Crippen MR) is 54.8 cm³/mol. The maximum Gasteiger partial charge on any atom is 0.248 e. The third-order valence-electron chi connectivity index (χ3n) is 2.77. The third-order valence-corrected chi connectivity index (χ3v) is 2.77. The minimum atomic E-state index is -1.28. The number of aliphatic hydroxyl groups is 1. The summed E-state index contributed by atoms with van der Waals surface area (Å²) in [4.78, 5) is 21.8. The number of nitrogens with two attached hydrogens (primary N) is 1. The molecule has 1 rings (SSSR count). The lowest BCUT2D eigenvalue weighted by Crippen LogP contribution is -2.40. The van der Waals surface area contributed by atoms with Gasteiger partial charge in [0, 0.05) is 6.42 Å². The van der Waals surface area contributed by atoms with E-state index in [2.05, 4.69) is 5.32 Å². The summed E-state index contributed by atoms with van der Waals surface area (Å²) in [6, 6.07) is 0. The molecule has 0 spiro atoms. The average Bonchev–Trinajstić information content (AvgIpc) is 2.66. The number of carbonyl (C=O) groups excluding carboxylic acids is 2. The lowest BCUT2D eigenvalue weighted by molar-refractivity contribution is -0.127. The van der Waals surface area contributed by atoms with Crippen molar-refractivity contribution in [2.75, 3.05) is 6.54 Å². The van der Waals surface area contributed by atoms with Crippen LogP contribution in [0.3, 0.4) is 0 Å². The van der Waals surface area contributed by atoms with Gasteiger partial charge in [-0.05, 0) is 18.8 Å². The molecule has 0 aromatic carbocycles. The standard InChI is InChI=1S/C10H18N2O3/c11-10(15)8(13)6-12-9(14)5-7-3-1-2-4-7/h7-8,13H,1-6H2,(H2,11,15)(H,12,14). The number of hydrogen-bond donors (Lipinski definition) is 3. The van der Waals surface area contributed by atoms with Crippen molar-refractivity contribution in [3.8, 4) is 0 Å². The number of carbonyl (C=O) groups is 2. The quantitative estimate of drug-likeness (QED) is 0.577. The lowest BCUT2D eigenvalue weighted by Gasteiger charge is -2.11. The molecule has 1 saturated carbocycles. The smallest absolute Gasteiger partial charge is 0.248 e. The topological polar surface area (TPSA) is 92.4 Å². The van der Waals surface area contributed by atoms with Crippen LogP contribution in [0.15, 0.2) is 0 Å². The van der Waals surface area contributed by atoms with Crippen molar-refractivity contribution in [1.82, 2.24) is 5.32 Å². The van der Waals surface area contributed by atoms with E-state index in [0.717, 1.165) is 12.8 Å². The number of aliphatic hydroxyl groups excluding tert-OH is 1. The van der Waals surface area contributed by atoms with E-state index < -0.39 is 12.0 Å². The van der Waals surface area contributed by atoms with Gasteiger partial charge in [-0.25, -0.2) is 0 Å². The Bertz CT molecular complexity index is 237. The Labute approximate surface area is 89.0 Å².